The van der Waals surface area contributed by atoms with Gasteiger partial charge in [0.1, 0.15) is 0 Å². The first-order valence-electron chi connectivity index (χ1n) is 6.81. The summed E-state index contributed by atoms with van der Waals surface area (Å²) in [7, 11) is -5.84. The van der Waals surface area contributed by atoms with Crippen LogP contribution in [-0.2, 0) is 10.1 Å². The molecule has 0 radical (unpaired) electrons. The molecule has 0 aromatic heterocycles. The fourth-order valence-electron chi connectivity index (χ4n) is 2.33. The Bertz CT molecular complexity index is 808. The van der Waals surface area contributed by atoms with Gasteiger partial charge in [-0.2, -0.15) is 21.6 Å². The molecule has 0 bridgehead atoms. The fourth-order valence-corrected chi connectivity index (χ4v) is 2.33. The first kappa shape index (κ1) is 20.0. The Kier molecular flexibility index (Phi) is 6.02. The van der Waals surface area contributed by atoms with Gasteiger partial charge in [0, 0.05) is 11.3 Å². The van der Waals surface area contributed by atoms with Gasteiger partial charge in [-0.25, -0.2) is 0 Å². The average molecular weight is 361 g/mol. The molecule has 0 aliphatic heterocycles. The molecule has 0 fully saturated rings. The van der Waals surface area contributed by atoms with Gasteiger partial charge < -0.3 is 5.73 Å². The molecule has 0 aliphatic rings. The fraction of sp³-hybridized carbons (Fsp3) is 0.250. The van der Waals surface area contributed by atoms with Crippen LogP contribution in [0.5, 0.6) is 0 Å². The van der Waals surface area contributed by atoms with Crippen molar-refractivity contribution in [3.8, 4) is 11.1 Å². The minimum Gasteiger partial charge on any atom is -0.398 e. The predicted octanol–water partition coefficient (Wildman–Crippen LogP) is 4.26. The molecule has 0 aliphatic carbocycles. The van der Waals surface area contributed by atoms with E-state index < -0.39 is 15.6 Å². The topological polar surface area (TPSA) is 80.4 Å². The number of anilines is 1. The lowest BCUT2D eigenvalue weighted by Gasteiger charge is -2.13. The quantitative estimate of drug-likeness (QED) is 0.452. The van der Waals surface area contributed by atoms with Gasteiger partial charge in [0.25, 0.3) is 0 Å². The van der Waals surface area contributed by atoms with Crippen molar-refractivity contribution < 1.29 is 26.1 Å². The van der Waals surface area contributed by atoms with E-state index in [9.17, 15) is 13.2 Å². The zero-order valence-electron chi connectivity index (χ0n) is 13.3. The average Bonchev–Trinajstić information content (AvgIpc) is 2.38. The molecule has 0 spiro atoms. The number of para-hydroxylation sites is 1. The number of hydrogen-bond donors (Lipinski definition) is 2. The first-order valence-corrected chi connectivity index (χ1v) is 8.25. The Hall–Kier alpha value is -2.06. The van der Waals surface area contributed by atoms with Crippen molar-refractivity contribution in [1.29, 1.82) is 0 Å². The number of nitrogen functional groups attached to an aromatic ring is 1. The molecule has 0 atom stereocenters. The summed E-state index contributed by atoms with van der Waals surface area (Å²) in [5, 5.41) is 0. The third kappa shape index (κ3) is 4.97. The summed E-state index contributed by atoms with van der Waals surface area (Å²) < 4.78 is 57.5. The summed E-state index contributed by atoms with van der Waals surface area (Å²) in [5.74, 6) is 0. The molecule has 0 saturated heterocycles. The van der Waals surface area contributed by atoms with Crippen LogP contribution in [0.25, 0.3) is 11.1 Å². The molecule has 0 heterocycles. The number of halogens is 3. The smallest absolute Gasteiger partial charge is 0.398 e. The molecular weight excluding hydrogens is 343 g/mol. The Labute approximate surface area is 138 Å². The number of nitrogens with two attached hydrogens (primary N) is 1. The van der Waals surface area contributed by atoms with Crippen LogP contribution >= 0.6 is 0 Å². The molecule has 24 heavy (non-hydrogen) atoms. The SMILES string of the molecule is Cc1cc(C)c(-c2ccccc2N)c(C)c1.O=S(=O)(O)C(F)(F)F. The molecule has 4 nitrogen and oxygen atoms in total. The molecule has 8 heteroatoms. The van der Waals surface area contributed by atoms with Crippen molar-refractivity contribution in [1.82, 2.24) is 0 Å². The number of aryl methyl sites for hydroxylation is 3. The Morgan fingerprint density at radius 1 is 1.00 bits per heavy atom. The molecule has 132 valence electrons. The Morgan fingerprint density at radius 3 is 1.79 bits per heavy atom. The van der Waals surface area contributed by atoms with Gasteiger partial charge in [-0.1, -0.05) is 35.9 Å². The molecular formula is C16H18F3NO3S. The van der Waals surface area contributed by atoms with Crippen molar-refractivity contribution in [2.24, 2.45) is 0 Å². The molecule has 0 unspecified atom stereocenters. The van der Waals surface area contributed by atoms with Gasteiger partial charge >= 0.3 is 15.6 Å². The maximum Gasteiger partial charge on any atom is 0.522 e. The highest BCUT2D eigenvalue weighted by Crippen LogP contribution is 2.32. The molecule has 3 N–H and O–H groups in total. The Balaban J connectivity index is 0.000000307. The monoisotopic (exact) mass is 361 g/mol. The van der Waals surface area contributed by atoms with E-state index in [1.165, 1.54) is 22.3 Å². The van der Waals surface area contributed by atoms with Crippen LogP contribution in [0.1, 0.15) is 16.7 Å². The number of rotatable bonds is 1. The lowest BCUT2D eigenvalue weighted by molar-refractivity contribution is -0.0510. The lowest BCUT2D eigenvalue weighted by atomic mass is 9.93. The lowest BCUT2D eigenvalue weighted by Crippen LogP contribution is -2.21. The highest BCUT2D eigenvalue weighted by Gasteiger charge is 2.44. The van der Waals surface area contributed by atoms with Gasteiger partial charge in [-0.05, 0) is 43.5 Å². The van der Waals surface area contributed by atoms with Crippen molar-refractivity contribution in [2.75, 3.05) is 5.73 Å². The van der Waals surface area contributed by atoms with Crippen molar-refractivity contribution in [2.45, 2.75) is 26.3 Å². The van der Waals surface area contributed by atoms with Crippen molar-refractivity contribution >= 4 is 15.8 Å². The molecule has 2 aromatic carbocycles. The van der Waals surface area contributed by atoms with Gasteiger partial charge in [0.2, 0.25) is 0 Å². The number of alkyl halides is 3. The second-order valence-electron chi connectivity index (χ2n) is 5.28. The summed E-state index contributed by atoms with van der Waals surface area (Å²) in [4.78, 5) is 0. The third-order valence-corrected chi connectivity index (χ3v) is 3.78. The number of benzene rings is 2. The Morgan fingerprint density at radius 2 is 1.42 bits per heavy atom. The van der Waals surface area contributed by atoms with Crippen LogP contribution in [0.2, 0.25) is 0 Å². The maximum atomic E-state index is 10.7. The standard InChI is InChI=1S/C15H17N.CHF3O3S/c1-10-8-11(2)15(12(3)9-10)13-6-4-5-7-14(13)16;2-1(3,4)8(5,6)7/h4-9H,16H2,1-3H3;(H,5,6,7). The van der Waals surface area contributed by atoms with E-state index in [4.69, 9.17) is 18.7 Å². The van der Waals surface area contributed by atoms with E-state index in [2.05, 4.69) is 39.0 Å². The van der Waals surface area contributed by atoms with Crippen LogP contribution in [0.15, 0.2) is 36.4 Å². The number of hydrogen-bond acceptors (Lipinski definition) is 3. The van der Waals surface area contributed by atoms with E-state index in [1.54, 1.807) is 0 Å². The predicted molar refractivity (Wildman–Crippen MR) is 88.1 cm³/mol. The van der Waals surface area contributed by atoms with Gasteiger partial charge in [-0.15, -0.1) is 0 Å². The molecule has 0 amide bonds. The summed E-state index contributed by atoms with van der Waals surface area (Å²) in [6.45, 7) is 6.40. The highest BCUT2D eigenvalue weighted by atomic mass is 32.2. The van der Waals surface area contributed by atoms with E-state index in [0.29, 0.717) is 0 Å². The van der Waals surface area contributed by atoms with Crippen LogP contribution in [-0.4, -0.2) is 18.5 Å². The van der Waals surface area contributed by atoms with Crippen LogP contribution < -0.4 is 5.73 Å². The van der Waals surface area contributed by atoms with E-state index >= 15 is 0 Å². The van der Waals surface area contributed by atoms with Crippen molar-refractivity contribution in [3.05, 3.63) is 53.1 Å². The zero-order chi connectivity index (χ0) is 18.7. The molecule has 2 rings (SSSR count). The highest BCUT2D eigenvalue weighted by molar-refractivity contribution is 7.86. The first-order chi connectivity index (χ1) is 10.8. The molecule has 2 aromatic rings. The summed E-state index contributed by atoms with van der Waals surface area (Å²) in [6.07, 6.45) is 0. The second kappa shape index (κ2) is 7.23. The third-order valence-electron chi connectivity index (χ3n) is 3.20. The van der Waals surface area contributed by atoms with Gasteiger partial charge in [-0.3, -0.25) is 4.55 Å². The summed E-state index contributed by atoms with van der Waals surface area (Å²) >= 11 is 0. The summed E-state index contributed by atoms with van der Waals surface area (Å²) in [5.41, 5.74) is 7.62. The normalized spacial score (nSPS) is 11.6. The largest absolute Gasteiger partial charge is 0.522 e. The van der Waals surface area contributed by atoms with E-state index in [0.717, 1.165) is 11.3 Å². The zero-order valence-corrected chi connectivity index (χ0v) is 14.2. The minimum absolute atomic E-state index is 0.845. The second-order valence-corrected chi connectivity index (χ2v) is 6.69. The maximum absolute atomic E-state index is 10.7. The molecule has 0 saturated carbocycles. The van der Waals surface area contributed by atoms with Crippen LogP contribution in [0.4, 0.5) is 18.9 Å². The minimum atomic E-state index is -5.84. The van der Waals surface area contributed by atoms with E-state index in [-0.39, 0.29) is 0 Å². The van der Waals surface area contributed by atoms with Gasteiger partial charge in [0.15, 0.2) is 0 Å². The van der Waals surface area contributed by atoms with E-state index in [1.807, 2.05) is 18.2 Å². The van der Waals surface area contributed by atoms with Crippen LogP contribution in [0.3, 0.4) is 0 Å². The van der Waals surface area contributed by atoms with Crippen LogP contribution in [0, 0.1) is 20.8 Å². The van der Waals surface area contributed by atoms with Gasteiger partial charge in [0.05, 0.1) is 0 Å². The summed E-state index contributed by atoms with van der Waals surface area (Å²) in [6, 6.07) is 12.4. The van der Waals surface area contributed by atoms with Crippen molar-refractivity contribution in [3.63, 3.8) is 0 Å².